The van der Waals surface area contributed by atoms with Gasteiger partial charge in [0.25, 0.3) is 5.91 Å². The SMILES string of the molecule is CC(=O)N1CC(C(=O)NC2CCCCC2)Oc2ccccc21. The molecular weight excluding hydrogens is 280 g/mol. The average molecular weight is 302 g/mol. The first-order valence-corrected chi connectivity index (χ1v) is 7.99. The second kappa shape index (κ2) is 6.38. The molecule has 0 aromatic heterocycles. The summed E-state index contributed by atoms with van der Waals surface area (Å²) in [4.78, 5) is 25.9. The fourth-order valence-electron chi connectivity index (χ4n) is 3.21. The quantitative estimate of drug-likeness (QED) is 0.911. The minimum Gasteiger partial charge on any atom is -0.477 e. The lowest BCUT2D eigenvalue weighted by atomic mass is 9.95. The molecule has 1 aliphatic heterocycles. The molecule has 3 rings (SSSR count). The number of nitrogens with zero attached hydrogens (tertiary/aromatic N) is 1. The largest absolute Gasteiger partial charge is 0.477 e. The molecule has 1 saturated carbocycles. The smallest absolute Gasteiger partial charge is 0.263 e. The van der Waals surface area contributed by atoms with E-state index in [9.17, 15) is 9.59 Å². The van der Waals surface area contributed by atoms with Crippen molar-refractivity contribution in [3.8, 4) is 5.75 Å². The van der Waals surface area contributed by atoms with Gasteiger partial charge in [-0.15, -0.1) is 0 Å². The number of para-hydroxylation sites is 2. The molecule has 0 saturated heterocycles. The Morgan fingerprint density at radius 2 is 1.91 bits per heavy atom. The Morgan fingerprint density at radius 1 is 1.18 bits per heavy atom. The van der Waals surface area contributed by atoms with E-state index in [4.69, 9.17) is 4.74 Å². The summed E-state index contributed by atoms with van der Waals surface area (Å²) >= 11 is 0. The summed E-state index contributed by atoms with van der Waals surface area (Å²) in [6, 6.07) is 7.59. The molecule has 1 fully saturated rings. The summed E-state index contributed by atoms with van der Waals surface area (Å²) in [5, 5.41) is 3.08. The van der Waals surface area contributed by atoms with E-state index in [1.807, 2.05) is 18.2 Å². The van der Waals surface area contributed by atoms with E-state index in [1.54, 1.807) is 11.0 Å². The molecule has 1 N–H and O–H groups in total. The zero-order valence-electron chi connectivity index (χ0n) is 12.9. The first-order valence-electron chi connectivity index (χ1n) is 7.99. The van der Waals surface area contributed by atoms with Crippen molar-refractivity contribution < 1.29 is 14.3 Å². The van der Waals surface area contributed by atoms with Crippen molar-refractivity contribution in [1.29, 1.82) is 0 Å². The van der Waals surface area contributed by atoms with Crippen molar-refractivity contribution >= 4 is 17.5 Å². The van der Waals surface area contributed by atoms with Crippen molar-refractivity contribution in [1.82, 2.24) is 5.32 Å². The van der Waals surface area contributed by atoms with Crippen LogP contribution in [0.15, 0.2) is 24.3 Å². The first kappa shape index (κ1) is 14.9. The third kappa shape index (κ3) is 3.08. The van der Waals surface area contributed by atoms with Crippen LogP contribution in [0.2, 0.25) is 0 Å². The topological polar surface area (TPSA) is 58.6 Å². The number of fused-ring (bicyclic) bond motifs is 1. The van der Waals surface area contributed by atoms with Gasteiger partial charge in [-0.3, -0.25) is 9.59 Å². The van der Waals surface area contributed by atoms with Gasteiger partial charge in [-0.2, -0.15) is 0 Å². The van der Waals surface area contributed by atoms with Crippen LogP contribution in [0.3, 0.4) is 0 Å². The third-order valence-electron chi connectivity index (χ3n) is 4.40. The van der Waals surface area contributed by atoms with E-state index in [0.29, 0.717) is 5.75 Å². The molecule has 22 heavy (non-hydrogen) atoms. The van der Waals surface area contributed by atoms with Crippen LogP contribution in [0.5, 0.6) is 5.75 Å². The number of carbonyl (C=O) groups is 2. The molecule has 2 amide bonds. The lowest BCUT2D eigenvalue weighted by molar-refractivity contribution is -0.129. The second-order valence-corrected chi connectivity index (χ2v) is 6.05. The molecule has 2 aliphatic rings. The van der Waals surface area contributed by atoms with Gasteiger partial charge in [0.15, 0.2) is 6.10 Å². The Bertz CT molecular complexity index is 567. The van der Waals surface area contributed by atoms with Crippen LogP contribution in [0.4, 0.5) is 5.69 Å². The predicted octanol–water partition coefficient (Wildman–Crippen LogP) is 2.25. The number of hydrogen-bond donors (Lipinski definition) is 1. The Balaban J connectivity index is 1.72. The van der Waals surface area contributed by atoms with E-state index in [0.717, 1.165) is 18.5 Å². The minimum atomic E-state index is -0.638. The molecular formula is C17H22N2O3. The second-order valence-electron chi connectivity index (χ2n) is 6.05. The maximum Gasteiger partial charge on any atom is 0.263 e. The Hall–Kier alpha value is -2.04. The molecule has 118 valence electrons. The van der Waals surface area contributed by atoms with Gasteiger partial charge in [0.2, 0.25) is 5.91 Å². The highest BCUT2D eigenvalue weighted by atomic mass is 16.5. The molecule has 5 nitrogen and oxygen atoms in total. The van der Waals surface area contributed by atoms with E-state index < -0.39 is 6.10 Å². The molecule has 1 atom stereocenters. The summed E-state index contributed by atoms with van der Waals surface area (Å²) in [6.45, 7) is 1.78. The van der Waals surface area contributed by atoms with Crippen LogP contribution in [0.1, 0.15) is 39.0 Å². The molecule has 1 aromatic carbocycles. The monoisotopic (exact) mass is 302 g/mol. The number of nitrogens with one attached hydrogen (secondary N) is 1. The summed E-state index contributed by atoms with van der Waals surface area (Å²) < 4.78 is 5.81. The van der Waals surface area contributed by atoms with E-state index in [1.165, 1.54) is 26.2 Å². The van der Waals surface area contributed by atoms with Crippen molar-refractivity contribution in [2.75, 3.05) is 11.4 Å². The van der Waals surface area contributed by atoms with Crippen LogP contribution in [-0.4, -0.2) is 30.5 Å². The molecule has 0 bridgehead atoms. The van der Waals surface area contributed by atoms with Gasteiger partial charge in [0.1, 0.15) is 5.75 Å². The summed E-state index contributed by atoms with van der Waals surface area (Å²) in [6.07, 6.45) is 5.01. The predicted molar refractivity (Wildman–Crippen MR) is 83.9 cm³/mol. The van der Waals surface area contributed by atoms with E-state index in [-0.39, 0.29) is 24.4 Å². The summed E-state index contributed by atoms with van der Waals surface area (Å²) in [5.74, 6) is 0.395. The standard InChI is InChI=1S/C17H22N2O3/c1-12(20)19-11-16(22-15-10-6-5-9-14(15)19)17(21)18-13-7-3-2-4-8-13/h5-6,9-10,13,16H,2-4,7-8,11H2,1H3,(H,18,21). The highest BCUT2D eigenvalue weighted by molar-refractivity contribution is 5.95. The van der Waals surface area contributed by atoms with Gasteiger partial charge in [-0.25, -0.2) is 0 Å². The fourth-order valence-corrected chi connectivity index (χ4v) is 3.21. The third-order valence-corrected chi connectivity index (χ3v) is 4.40. The number of hydrogen-bond acceptors (Lipinski definition) is 3. The van der Waals surface area contributed by atoms with Gasteiger partial charge in [0.05, 0.1) is 12.2 Å². The van der Waals surface area contributed by atoms with Gasteiger partial charge >= 0.3 is 0 Å². The van der Waals surface area contributed by atoms with Crippen LogP contribution >= 0.6 is 0 Å². The van der Waals surface area contributed by atoms with Gasteiger partial charge < -0.3 is 15.0 Å². The number of rotatable bonds is 2. The zero-order chi connectivity index (χ0) is 15.5. The molecule has 1 unspecified atom stereocenters. The van der Waals surface area contributed by atoms with Crippen molar-refractivity contribution in [2.45, 2.75) is 51.2 Å². The lowest BCUT2D eigenvalue weighted by Crippen LogP contribution is -2.52. The van der Waals surface area contributed by atoms with Crippen molar-refractivity contribution in [3.63, 3.8) is 0 Å². The maximum absolute atomic E-state index is 12.5. The minimum absolute atomic E-state index is 0.0776. The number of carbonyl (C=O) groups excluding carboxylic acids is 2. The van der Waals surface area contributed by atoms with Gasteiger partial charge in [0, 0.05) is 13.0 Å². The highest BCUT2D eigenvalue weighted by Crippen LogP contribution is 2.33. The molecule has 0 spiro atoms. The average Bonchev–Trinajstić information content (AvgIpc) is 2.54. The number of ether oxygens (including phenoxy) is 1. The molecule has 0 radical (unpaired) electrons. The Labute approximate surface area is 130 Å². The van der Waals surface area contributed by atoms with Gasteiger partial charge in [-0.1, -0.05) is 31.4 Å². The number of amides is 2. The fraction of sp³-hybridized carbons (Fsp3) is 0.529. The molecule has 1 heterocycles. The first-order chi connectivity index (χ1) is 10.6. The van der Waals surface area contributed by atoms with Crippen LogP contribution in [0, 0.1) is 0 Å². The maximum atomic E-state index is 12.5. The molecule has 1 aromatic rings. The summed E-state index contributed by atoms with van der Waals surface area (Å²) in [7, 11) is 0. The normalized spacial score (nSPS) is 21.7. The van der Waals surface area contributed by atoms with E-state index >= 15 is 0 Å². The Morgan fingerprint density at radius 3 is 2.64 bits per heavy atom. The van der Waals surface area contributed by atoms with Crippen LogP contribution in [0.25, 0.3) is 0 Å². The lowest BCUT2D eigenvalue weighted by Gasteiger charge is -2.34. The van der Waals surface area contributed by atoms with Crippen molar-refractivity contribution in [3.05, 3.63) is 24.3 Å². The number of anilines is 1. The highest BCUT2D eigenvalue weighted by Gasteiger charge is 2.33. The number of benzene rings is 1. The van der Waals surface area contributed by atoms with E-state index in [2.05, 4.69) is 5.32 Å². The summed E-state index contributed by atoms with van der Waals surface area (Å²) in [5.41, 5.74) is 0.733. The van der Waals surface area contributed by atoms with Crippen LogP contribution < -0.4 is 15.0 Å². The van der Waals surface area contributed by atoms with Crippen LogP contribution in [-0.2, 0) is 9.59 Å². The zero-order valence-corrected chi connectivity index (χ0v) is 12.9. The van der Waals surface area contributed by atoms with Crippen molar-refractivity contribution in [2.24, 2.45) is 0 Å². The molecule has 5 heteroatoms. The Kier molecular flexibility index (Phi) is 4.32. The van der Waals surface area contributed by atoms with Gasteiger partial charge in [-0.05, 0) is 25.0 Å². The molecule has 1 aliphatic carbocycles.